The first-order valence-electron chi connectivity index (χ1n) is 4.94. The second-order valence-electron chi connectivity index (χ2n) is 6.80. The van der Waals surface area contributed by atoms with Gasteiger partial charge in [0.15, 0.2) is 0 Å². The summed E-state index contributed by atoms with van der Waals surface area (Å²) in [6.07, 6.45) is 1.11. The first-order chi connectivity index (χ1) is 4.31. The summed E-state index contributed by atoms with van der Waals surface area (Å²) in [5.74, 6) is 0. The second kappa shape index (κ2) is 3.29. The molecule has 0 atom stereocenters. The molecule has 0 saturated heterocycles. The Morgan fingerprint density at radius 3 is 2.00 bits per heavy atom. The Labute approximate surface area is 65.6 Å². The molecule has 0 fully saturated rings. The van der Waals surface area contributed by atoms with Crippen LogP contribution in [0.1, 0.15) is 6.42 Å². The van der Waals surface area contributed by atoms with Gasteiger partial charge in [0.1, 0.15) is 0 Å². The van der Waals surface area contributed by atoms with E-state index in [4.69, 9.17) is 5.73 Å². The molecule has 0 aliphatic rings. The molecule has 0 aliphatic carbocycles. The van der Waals surface area contributed by atoms with Crippen LogP contribution < -0.4 is 9.79 Å². The zero-order valence-electron chi connectivity index (χ0n) is 7.91. The summed E-state index contributed by atoms with van der Waals surface area (Å²) in [6.45, 7) is 1.91. The van der Waals surface area contributed by atoms with Gasteiger partial charge in [-0.05, 0) is 0 Å². The van der Waals surface area contributed by atoms with E-state index >= 15 is 0 Å². The van der Waals surface area contributed by atoms with Crippen LogP contribution in [0.3, 0.4) is 0 Å². The second-order valence-corrected chi connectivity index (χ2v) is 31.6. The Kier molecular flexibility index (Phi) is 3.47. The third kappa shape index (κ3) is 8.54. The molecule has 0 unspecified atom stereocenters. The molecule has 0 heterocycles. The molecular formula is C7H21N2Zn. The summed E-state index contributed by atoms with van der Waals surface area (Å²) >= 11 is -2.31. The van der Waals surface area contributed by atoms with E-state index in [1.54, 1.807) is 0 Å². The molecule has 61 valence electrons. The van der Waals surface area contributed by atoms with E-state index < -0.39 is 13.8 Å². The Balaban J connectivity index is 3.49. The molecular weight excluding hydrogens is 177 g/mol. The minimum absolute atomic E-state index is 0.805. The fraction of sp³-hybridized carbons (Fsp3) is 1.00. The van der Waals surface area contributed by atoms with Crippen molar-refractivity contribution in [3.05, 3.63) is 0 Å². The predicted octanol–water partition coefficient (Wildman–Crippen LogP) is 1.72. The van der Waals surface area contributed by atoms with Crippen molar-refractivity contribution in [2.24, 2.45) is 5.73 Å². The minimum atomic E-state index is -2.31. The van der Waals surface area contributed by atoms with Crippen molar-refractivity contribution in [2.75, 3.05) is 13.1 Å². The molecule has 0 aromatic rings. The van der Waals surface area contributed by atoms with Crippen LogP contribution in [0.4, 0.5) is 0 Å². The maximum absolute atomic E-state index is 5.39. The van der Waals surface area contributed by atoms with Crippen molar-refractivity contribution in [1.29, 1.82) is 0 Å². The Hall–Kier alpha value is 0.543. The van der Waals surface area contributed by atoms with Gasteiger partial charge in [-0.2, -0.15) is 0 Å². The van der Waals surface area contributed by atoms with Crippen LogP contribution in [0, 0.1) is 0 Å². The third-order valence-electron chi connectivity index (χ3n) is 1.56. The number of nitrogens with two attached hydrogens (primary N) is 1. The van der Waals surface area contributed by atoms with E-state index in [1.807, 2.05) is 0 Å². The molecule has 3 N–H and O–H groups in total. The topological polar surface area (TPSA) is 38.0 Å². The summed E-state index contributed by atoms with van der Waals surface area (Å²) < 4.78 is 3.64. The monoisotopic (exact) mass is 197 g/mol. The number of nitrogens with one attached hydrogen (secondary N) is 1. The number of rotatable bonds is 4. The molecule has 0 saturated carbocycles. The molecule has 0 rings (SSSR count). The summed E-state index contributed by atoms with van der Waals surface area (Å²) in [5.41, 5.74) is 15.0. The van der Waals surface area contributed by atoms with Crippen molar-refractivity contribution in [1.82, 2.24) is 4.06 Å². The van der Waals surface area contributed by atoms with Gasteiger partial charge in [0, 0.05) is 0 Å². The molecule has 0 aliphatic heterocycles. The Bertz CT molecular complexity index is 94.7. The van der Waals surface area contributed by atoms with Crippen LogP contribution in [0.2, 0.25) is 22.1 Å². The van der Waals surface area contributed by atoms with Crippen LogP contribution in [0.15, 0.2) is 0 Å². The third-order valence-corrected chi connectivity index (χ3v) is 6.50. The van der Waals surface area contributed by atoms with E-state index in [-0.39, 0.29) is 0 Å². The summed E-state index contributed by atoms with van der Waals surface area (Å²) in [5, 5.41) is 0. The SMILES string of the molecule is [CH3][Zn]([CH3])([CH3])([CH3])[NH]CCCN. The molecule has 3 heteroatoms. The number of hydrogen-bond donors (Lipinski definition) is 2. The summed E-state index contributed by atoms with van der Waals surface area (Å²) in [4.78, 5) is 0. The van der Waals surface area contributed by atoms with Crippen LogP contribution in [0.5, 0.6) is 0 Å². The average molecular weight is 199 g/mol. The standard InChI is InChI=1S/C3H9N2.4CH3.Zn/c4-2-1-3-5;;;;;/h4H,1-3,5H2;4*1H3;/q-1;;;;;+1. The van der Waals surface area contributed by atoms with Crippen LogP contribution in [0.25, 0.3) is 0 Å². The van der Waals surface area contributed by atoms with E-state index in [0.29, 0.717) is 0 Å². The van der Waals surface area contributed by atoms with Crippen molar-refractivity contribution in [2.45, 2.75) is 28.5 Å². The fourth-order valence-electron chi connectivity index (χ4n) is 0.934. The van der Waals surface area contributed by atoms with Gasteiger partial charge in [-0.15, -0.1) is 0 Å². The number of hydrogen-bond acceptors (Lipinski definition) is 2. The molecule has 0 bridgehead atoms. The van der Waals surface area contributed by atoms with Gasteiger partial charge in [0.2, 0.25) is 0 Å². The first kappa shape index (κ1) is 10.5. The van der Waals surface area contributed by atoms with Gasteiger partial charge in [-0.25, -0.2) is 0 Å². The van der Waals surface area contributed by atoms with E-state index in [1.165, 1.54) is 0 Å². The van der Waals surface area contributed by atoms with Crippen LogP contribution >= 0.6 is 0 Å². The van der Waals surface area contributed by atoms with Crippen molar-refractivity contribution in [3.8, 4) is 0 Å². The molecule has 10 heavy (non-hydrogen) atoms. The zero-order chi connectivity index (χ0) is 8.28. The van der Waals surface area contributed by atoms with Gasteiger partial charge in [0.25, 0.3) is 0 Å². The van der Waals surface area contributed by atoms with Crippen LogP contribution in [-0.4, -0.2) is 13.1 Å². The van der Waals surface area contributed by atoms with Gasteiger partial charge in [-0.1, -0.05) is 0 Å². The summed E-state index contributed by atoms with van der Waals surface area (Å²) in [6, 6.07) is 0. The molecule has 0 spiro atoms. The predicted molar refractivity (Wildman–Crippen MR) is 45.1 cm³/mol. The van der Waals surface area contributed by atoms with Gasteiger partial charge in [-0.3, -0.25) is 0 Å². The van der Waals surface area contributed by atoms with Crippen molar-refractivity contribution in [3.63, 3.8) is 0 Å². The molecule has 0 aromatic carbocycles. The van der Waals surface area contributed by atoms with Crippen LogP contribution in [-0.2, 0) is 13.8 Å². The van der Waals surface area contributed by atoms with Gasteiger partial charge in [0.05, 0.1) is 0 Å². The quantitative estimate of drug-likeness (QED) is 0.533. The first-order valence-corrected chi connectivity index (χ1v) is 18.3. The molecule has 0 aromatic heterocycles. The molecule has 2 nitrogen and oxygen atoms in total. The zero-order valence-corrected chi connectivity index (χ0v) is 10.9. The van der Waals surface area contributed by atoms with E-state index in [2.05, 4.69) is 26.1 Å². The van der Waals surface area contributed by atoms with Crippen molar-refractivity contribution < 1.29 is 13.8 Å². The Morgan fingerprint density at radius 2 is 1.70 bits per heavy atom. The van der Waals surface area contributed by atoms with Gasteiger partial charge < -0.3 is 0 Å². The van der Waals surface area contributed by atoms with Crippen molar-refractivity contribution >= 4 is 0 Å². The average Bonchev–Trinajstić information content (AvgIpc) is 1.61. The van der Waals surface area contributed by atoms with Gasteiger partial charge >= 0.3 is 65.2 Å². The fourth-order valence-corrected chi connectivity index (χ4v) is 4.43. The molecule has 0 amide bonds. The summed E-state index contributed by atoms with van der Waals surface area (Å²) in [7, 11) is 0. The van der Waals surface area contributed by atoms with E-state index in [0.717, 1.165) is 19.5 Å². The Morgan fingerprint density at radius 1 is 1.20 bits per heavy atom. The molecule has 0 radical (unpaired) electrons. The maximum atomic E-state index is 5.39. The normalized spacial score (nSPS) is 13.8. The van der Waals surface area contributed by atoms with E-state index in [9.17, 15) is 0 Å².